The molecule has 234 valence electrons. The van der Waals surface area contributed by atoms with Crippen molar-refractivity contribution in [3.8, 4) is 0 Å². The van der Waals surface area contributed by atoms with Gasteiger partial charge in [0, 0.05) is 6.92 Å². The van der Waals surface area contributed by atoms with Gasteiger partial charge in [-0.2, -0.15) is 8.42 Å². The normalized spacial score (nSPS) is 46.6. The molecule has 0 aromatic rings. The van der Waals surface area contributed by atoms with Crippen molar-refractivity contribution in [1.82, 2.24) is 5.32 Å². The Morgan fingerprint density at radius 3 is 2.00 bits per heavy atom. The van der Waals surface area contributed by atoms with Crippen molar-refractivity contribution < 1.29 is 86.5 Å². The van der Waals surface area contributed by atoms with Gasteiger partial charge in [-0.3, -0.25) is 9.35 Å². The summed E-state index contributed by atoms with van der Waals surface area (Å²) < 4.78 is 62.5. The van der Waals surface area contributed by atoms with Crippen LogP contribution >= 0.6 is 0 Å². The Kier molecular flexibility index (Phi) is 11.2. The standard InChI is InChI=1S/C20H35NO18S/c1-5-10(24)13(27)15(29)19(35-5)39-17-14(28)11(25)8(4-34-40(31,32)33)37-20(17)38-16-9(21-6(2)23)18(30)36-7(3-22)12(16)26/h5,7-20,22,24-30H,3-4H2,1-2H3,(H,21,23)(H,31,32,33)/t5-,7+,8+,9+,10+,11-,12+,13+,14-,15-,16+,17+,18+,19-,20-/m0/s1. The molecule has 3 saturated heterocycles. The summed E-state index contributed by atoms with van der Waals surface area (Å²) in [5, 5.41) is 84.8. The van der Waals surface area contributed by atoms with Gasteiger partial charge in [0.2, 0.25) is 5.91 Å². The van der Waals surface area contributed by atoms with Crippen LogP contribution in [0.4, 0.5) is 0 Å². The van der Waals surface area contributed by atoms with E-state index < -0.39 is 122 Å². The summed E-state index contributed by atoms with van der Waals surface area (Å²) in [4.78, 5) is 11.8. The van der Waals surface area contributed by atoms with E-state index >= 15 is 0 Å². The van der Waals surface area contributed by atoms with Crippen LogP contribution in [-0.2, 0) is 43.1 Å². The van der Waals surface area contributed by atoms with Gasteiger partial charge in [-0.15, -0.1) is 0 Å². The number of nitrogens with one attached hydrogen (secondary N) is 1. The van der Waals surface area contributed by atoms with Crippen molar-refractivity contribution in [1.29, 1.82) is 0 Å². The van der Waals surface area contributed by atoms with E-state index in [0.717, 1.165) is 6.92 Å². The van der Waals surface area contributed by atoms with Crippen molar-refractivity contribution in [2.45, 2.75) is 106 Å². The number of aliphatic hydroxyl groups excluding tert-OH is 8. The molecule has 10 N–H and O–H groups in total. The molecule has 19 nitrogen and oxygen atoms in total. The third-order valence-corrected chi connectivity index (χ3v) is 7.09. The first-order valence-electron chi connectivity index (χ1n) is 12.1. The molecule has 0 unspecified atom stereocenters. The lowest BCUT2D eigenvalue weighted by Crippen LogP contribution is -2.68. The van der Waals surface area contributed by atoms with Gasteiger partial charge in [0.25, 0.3) is 0 Å². The largest absolute Gasteiger partial charge is 0.397 e. The molecule has 3 rings (SSSR count). The number of amides is 1. The molecule has 0 saturated carbocycles. The number of carbonyl (C=O) groups is 1. The molecule has 0 aliphatic carbocycles. The average Bonchev–Trinajstić information content (AvgIpc) is 2.87. The van der Waals surface area contributed by atoms with Crippen LogP contribution in [0, 0.1) is 0 Å². The summed E-state index contributed by atoms with van der Waals surface area (Å²) >= 11 is 0. The molecular weight excluding hydrogens is 574 g/mol. The van der Waals surface area contributed by atoms with Gasteiger partial charge in [-0.1, -0.05) is 0 Å². The van der Waals surface area contributed by atoms with Crippen LogP contribution in [0.5, 0.6) is 0 Å². The molecule has 0 radical (unpaired) electrons. The Balaban J connectivity index is 1.93. The fourth-order valence-electron chi connectivity index (χ4n) is 4.52. The maximum Gasteiger partial charge on any atom is 0.397 e. The first-order chi connectivity index (χ1) is 18.5. The SMILES string of the molecule is CC(=O)N[C@@H]1[C@@H](O[C@@H]2O[C@H](COS(=O)(=O)O)[C@H](O)[C@H](O)[C@H]2O[C@@H]2O[C@@H](C)[C@@H](O)[C@@H](O)[C@@H]2O)[C@H](O)[C@@H](CO)O[C@H]1O. The minimum atomic E-state index is -5.03. The smallest absolute Gasteiger partial charge is 0.394 e. The molecular formula is C20H35NO18S. The van der Waals surface area contributed by atoms with E-state index in [0.29, 0.717) is 0 Å². The van der Waals surface area contributed by atoms with Gasteiger partial charge < -0.3 is 69.9 Å². The van der Waals surface area contributed by atoms with Crippen molar-refractivity contribution >= 4 is 16.3 Å². The predicted octanol–water partition coefficient (Wildman–Crippen LogP) is -6.57. The molecule has 40 heavy (non-hydrogen) atoms. The summed E-state index contributed by atoms with van der Waals surface area (Å²) in [6.45, 7) is 0.537. The molecule has 3 heterocycles. The third kappa shape index (κ3) is 7.60. The third-order valence-electron chi connectivity index (χ3n) is 6.66. The quantitative estimate of drug-likeness (QED) is 0.109. The van der Waals surface area contributed by atoms with Crippen LogP contribution in [0.1, 0.15) is 13.8 Å². The van der Waals surface area contributed by atoms with Gasteiger partial charge in [-0.25, -0.2) is 4.18 Å². The predicted molar refractivity (Wildman–Crippen MR) is 122 cm³/mol. The van der Waals surface area contributed by atoms with E-state index in [-0.39, 0.29) is 0 Å². The van der Waals surface area contributed by atoms with E-state index in [1.807, 2.05) is 0 Å². The Labute approximate surface area is 227 Å². The lowest BCUT2D eigenvalue weighted by atomic mass is 9.95. The summed E-state index contributed by atoms with van der Waals surface area (Å²) in [5.74, 6) is -0.705. The van der Waals surface area contributed by atoms with Crippen molar-refractivity contribution in [2.24, 2.45) is 0 Å². The van der Waals surface area contributed by atoms with Gasteiger partial charge >= 0.3 is 10.4 Å². The van der Waals surface area contributed by atoms with E-state index in [9.17, 15) is 54.1 Å². The minimum absolute atomic E-state index is 0.705. The zero-order valence-corrected chi connectivity index (χ0v) is 22.0. The monoisotopic (exact) mass is 609 g/mol. The molecule has 1 amide bonds. The maximum atomic E-state index is 11.8. The van der Waals surface area contributed by atoms with Gasteiger partial charge in [0.15, 0.2) is 18.9 Å². The highest BCUT2D eigenvalue weighted by molar-refractivity contribution is 7.80. The number of hydrogen-bond donors (Lipinski definition) is 10. The highest BCUT2D eigenvalue weighted by atomic mass is 32.3. The van der Waals surface area contributed by atoms with Crippen molar-refractivity contribution in [3.63, 3.8) is 0 Å². The minimum Gasteiger partial charge on any atom is -0.394 e. The lowest BCUT2D eigenvalue weighted by Gasteiger charge is -2.48. The second-order valence-corrected chi connectivity index (χ2v) is 10.7. The molecule has 15 atom stereocenters. The van der Waals surface area contributed by atoms with E-state index in [4.69, 9.17) is 28.2 Å². The Morgan fingerprint density at radius 1 is 0.800 bits per heavy atom. The molecule has 20 heteroatoms. The number of ether oxygens (including phenoxy) is 5. The Morgan fingerprint density at radius 2 is 1.43 bits per heavy atom. The van der Waals surface area contributed by atoms with Crippen LogP contribution in [0.3, 0.4) is 0 Å². The van der Waals surface area contributed by atoms with Crippen LogP contribution in [0.2, 0.25) is 0 Å². The molecule has 3 aliphatic rings. The zero-order chi connectivity index (χ0) is 30.1. The van der Waals surface area contributed by atoms with Crippen molar-refractivity contribution in [3.05, 3.63) is 0 Å². The van der Waals surface area contributed by atoms with E-state index in [1.54, 1.807) is 0 Å². The fraction of sp³-hybridized carbons (Fsp3) is 0.950. The first kappa shape index (κ1) is 33.3. The van der Waals surface area contributed by atoms with Crippen molar-refractivity contribution in [2.75, 3.05) is 13.2 Å². The van der Waals surface area contributed by atoms with Crippen LogP contribution < -0.4 is 5.32 Å². The summed E-state index contributed by atoms with van der Waals surface area (Å²) in [7, 11) is -5.03. The van der Waals surface area contributed by atoms with E-state index in [2.05, 4.69) is 9.50 Å². The average molecular weight is 610 g/mol. The highest BCUT2D eigenvalue weighted by Crippen LogP contribution is 2.33. The first-order valence-corrected chi connectivity index (χ1v) is 13.5. The molecule has 0 aromatic heterocycles. The molecule has 0 bridgehead atoms. The zero-order valence-electron chi connectivity index (χ0n) is 21.2. The fourth-order valence-corrected chi connectivity index (χ4v) is 4.83. The Bertz CT molecular complexity index is 956. The second-order valence-electron chi connectivity index (χ2n) is 9.58. The lowest BCUT2D eigenvalue weighted by molar-refractivity contribution is -0.379. The van der Waals surface area contributed by atoms with Gasteiger partial charge in [0.05, 0.1) is 19.3 Å². The van der Waals surface area contributed by atoms with Crippen LogP contribution in [0.25, 0.3) is 0 Å². The number of aliphatic hydroxyl groups is 8. The van der Waals surface area contributed by atoms with E-state index in [1.165, 1.54) is 6.92 Å². The number of rotatable bonds is 9. The maximum absolute atomic E-state index is 11.8. The molecule has 3 fully saturated rings. The summed E-state index contributed by atoms with van der Waals surface area (Å²) in [6, 6.07) is -1.51. The molecule has 3 aliphatic heterocycles. The summed E-state index contributed by atoms with van der Waals surface area (Å²) in [6.07, 6.45) is -24.3. The summed E-state index contributed by atoms with van der Waals surface area (Å²) in [5.41, 5.74) is 0. The van der Waals surface area contributed by atoms with Crippen LogP contribution in [0.15, 0.2) is 0 Å². The molecule has 0 spiro atoms. The van der Waals surface area contributed by atoms with Gasteiger partial charge in [-0.05, 0) is 6.92 Å². The van der Waals surface area contributed by atoms with Crippen LogP contribution in [-0.4, -0.2) is 165 Å². The number of carbonyl (C=O) groups excluding carboxylic acids is 1. The number of hydrogen-bond acceptors (Lipinski definition) is 17. The molecule has 0 aromatic carbocycles. The second kappa shape index (κ2) is 13.4. The Hall–Kier alpha value is -1.18. The highest BCUT2D eigenvalue weighted by Gasteiger charge is 2.54. The topological polar surface area (TPSA) is 301 Å². The van der Waals surface area contributed by atoms with Gasteiger partial charge in [0.1, 0.15) is 67.1 Å².